The molecule has 1 fully saturated rings. The van der Waals surface area contributed by atoms with Gasteiger partial charge < -0.3 is 10.6 Å². The zero-order valence-corrected chi connectivity index (χ0v) is 12.2. The van der Waals surface area contributed by atoms with Crippen LogP contribution in [-0.4, -0.2) is 42.0 Å². The first kappa shape index (κ1) is 13.7. The fraction of sp³-hybridized carbons (Fsp3) is 0.636. The van der Waals surface area contributed by atoms with E-state index in [0.717, 1.165) is 10.6 Å². The molecule has 0 radical (unpaired) electrons. The molecule has 0 bridgehead atoms. The molecule has 2 heterocycles. The lowest BCUT2D eigenvalue weighted by atomic mass is 9.96. The summed E-state index contributed by atoms with van der Waals surface area (Å²) in [4.78, 5) is 18.7. The normalized spacial score (nSPS) is 26.9. The van der Waals surface area contributed by atoms with Crippen molar-refractivity contribution in [3.05, 3.63) is 10.6 Å². The van der Waals surface area contributed by atoms with Crippen LogP contribution in [0.5, 0.6) is 0 Å². The maximum absolute atomic E-state index is 13.0. The third kappa shape index (κ3) is 2.39. The second-order valence-corrected chi connectivity index (χ2v) is 7.90. The van der Waals surface area contributed by atoms with E-state index >= 15 is 0 Å². The number of carbonyl (C=O) groups is 1. The monoisotopic (exact) mass is 319 g/mol. The molecule has 110 valence electrons. The Balaban J connectivity index is 1.77. The number of fused-ring (bicyclic) bond motifs is 1. The first-order valence-electron chi connectivity index (χ1n) is 6.31. The van der Waals surface area contributed by atoms with E-state index in [1.165, 1.54) is 16.2 Å². The van der Waals surface area contributed by atoms with Gasteiger partial charge in [0.15, 0.2) is 5.13 Å². The van der Waals surface area contributed by atoms with Gasteiger partial charge in [-0.1, -0.05) is 0 Å². The molecule has 3 rings (SSSR count). The van der Waals surface area contributed by atoms with E-state index in [1.54, 1.807) is 0 Å². The van der Waals surface area contributed by atoms with Crippen molar-refractivity contribution in [1.82, 2.24) is 9.88 Å². The van der Waals surface area contributed by atoms with Gasteiger partial charge in [-0.15, -0.1) is 15.2 Å². The van der Waals surface area contributed by atoms with Crippen LogP contribution in [0, 0.1) is 0 Å². The van der Waals surface area contributed by atoms with E-state index in [-0.39, 0.29) is 24.9 Å². The van der Waals surface area contributed by atoms with Crippen LogP contribution in [-0.2, 0) is 27.9 Å². The Bertz CT molecular complexity index is 658. The Morgan fingerprint density at radius 1 is 1.40 bits per heavy atom. The van der Waals surface area contributed by atoms with Crippen LogP contribution in [0.25, 0.3) is 0 Å². The number of likely N-dealkylation sites (tertiary alicyclic amines) is 1. The van der Waals surface area contributed by atoms with Crippen molar-refractivity contribution < 1.29 is 17.1 Å². The number of hydrogen-bond acceptors (Lipinski definition) is 6. The molecule has 1 aliphatic carbocycles. The Kier molecular flexibility index (Phi) is 3.20. The Morgan fingerprint density at radius 2 is 2.15 bits per heavy atom. The molecule has 6 nitrogen and oxygen atoms in total. The van der Waals surface area contributed by atoms with Crippen LogP contribution in [0.1, 0.15) is 23.4 Å². The molecule has 2 aliphatic rings. The average Bonchev–Trinajstić information content (AvgIpc) is 2.89. The number of thiazole rings is 1. The van der Waals surface area contributed by atoms with Gasteiger partial charge in [0.1, 0.15) is 5.25 Å². The summed E-state index contributed by atoms with van der Waals surface area (Å²) in [6.07, 6.45) is 1.79. The molecule has 0 aromatic carbocycles. The predicted molar refractivity (Wildman–Crippen MR) is 72.5 cm³/mol. The minimum absolute atomic E-state index is 0.0497. The van der Waals surface area contributed by atoms with Crippen LogP contribution < -0.4 is 5.73 Å². The Morgan fingerprint density at radius 3 is 2.80 bits per heavy atom. The van der Waals surface area contributed by atoms with E-state index in [2.05, 4.69) is 4.98 Å². The molecule has 2 N–H and O–H groups in total. The quantitative estimate of drug-likeness (QED) is 0.800. The van der Waals surface area contributed by atoms with Crippen LogP contribution >= 0.6 is 11.3 Å². The minimum atomic E-state index is -4.66. The maximum atomic E-state index is 13.0. The molecule has 0 saturated carbocycles. The number of carbonyl (C=O) groups excluding carboxylic acids is 1. The first-order valence-corrected chi connectivity index (χ1v) is 8.58. The molecular weight excluding hydrogens is 305 g/mol. The SMILES string of the molecule is Nc1nc2c(s1)C[C@@H](N1CC(S(=O)(=O)F)CC1=O)CC2. The van der Waals surface area contributed by atoms with Gasteiger partial charge >= 0.3 is 10.2 Å². The summed E-state index contributed by atoms with van der Waals surface area (Å²) >= 11 is 1.40. The molecule has 20 heavy (non-hydrogen) atoms. The number of amides is 1. The van der Waals surface area contributed by atoms with E-state index in [4.69, 9.17) is 5.73 Å². The van der Waals surface area contributed by atoms with Crippen molar-refractivity contribution in [2.75, 3.05) is 12.3 Å². The number of rotatable bonds is 2. The van der Waals surface area contributed by atoms with Crippen molar-refractivity contribution in [2.45, 2.75) is 37.0 Å². The van der Waals surface area contributed by atoms with Crippen LogP contribution in [0.15, 0.2) is 0 Å². The van der Waals surface area contributed by atoms with E-state index < -0.39 is 15.5 Å². The zero-order valence-electron chi connectivity index (χ0n) is 10.6. The number of nitrogens with two attached hydrogens (primary N) is 1. The summed E-state index contributed by atoms with van der Waals surface area (Å²) in [7, 11) is -4.66. The van der Waals surface area contributed by atoms with Crippen LogP contribution in [0.3, 0.4) is 0 Å². The second kappa shape index (κ2) is 4.66. The highest BCUT2D eigenvalue weighted by molar-refractivity contribution is 7.87. The average molecular weight is 319 g/mol. The van der Waals surface area contributed by atoms with Gasteiger partial charge in [0.25, 0.3) is 0 Å². The van der Waals surface area contributed by atoms with Crippen molar-refractivity contribution in [3.8, 4) is 0 Å². The van der Waals surface area contributed by atoms with Crippen LogP contribution in [0.2, 0.25) is 0 Å². The number of aryl methyl sites for hydroxylation is 1. The number of halogens is 1. The molecule has 1 amide bonds. The van der Waals surface area contributed by atoms with Crippen LogP contribution in [0.4, 0.5) is 9.02 Å². The van der Waals surface area contributed by atoms with Crippen molar-refractivity contribution in [2.24, 2.45) is 0 Å². The molecule has 0 spiro atoms. The molecule has 9 heteroatoms. The van der Waals surface area contributed by atoms with Crippen molar-refractivity contribution in [1.29, 1.82) is 0 Å². The summed E-state index contributed by atoms with van der Waals surface area (Å²) in [5, 5.41) is -0.712. The third-order valence-electron chi connectivity index (χ3n) is 3.89. The highest BCUT2D eigenvalue weighted by Crippen LogP contribution is 2.32. The van der Waals surface area contributed by atoms with Crippen molar-refractivity contribution in [3.63, 3.8) is 0 Å². The Labute approximate surface area is 120 Å². The largest absolute Gasteiger partial charge is 0.375 e. The number of nitrogens with zero attached hydrogens (tertiary/aromatic N) is 2. The van der Waals surface area contributed by atoms with Gasteiger partial charge in [-0.2, -0.15) is 8.42 Å². The fourth-order valence-electron chi connectivity index (χ4n) is 2.88. The minimum Gasteiger partial charge on any atom is -0.375 e. The van der Waals surface area contributed by atoms with Crippen molar-refractivity contribution >= 4 is 32.6 Å². The standard InChI is InChI=1S/C11H14FN3O3S2/c12-20(17,18)7-4-10(16)15(5-7)6-1-2-8-9(3-6)19-11(13)14-8/h6-7H,1-5H2,(H2,13,14)/t6-,7?/m0/s1. The fourth-order valence-corrected chi connectivity index (χ4v) is 4.51. The molecule has 1 saturated heterocycles. The summed E-state index contributed by atoms with van der Waals surface area (Å²) in [5.41, 5.74) is 6.62. The molecule has 1 unspecified atom stereocenters. The van der Waals surface area contributed by atoms with Gasteiger partial charge in [0.05, 0.1) is 5.69 Å². The summed E-state index contributed by atoms with van der Waals surface area (Å²) in [6, 6.07) is -0.0819. The zero-order chi connectivity index (χ0) is 14.5. The lowest BCUT2D eigenvalue weighted by Gasteiger charge is -2.30. The second-order valence-electron chi connectivity index (χ2n) is 5.17. The highest BCUT2D eigenvalue weighted by atomic mass is 32.3. The maximum Gasteiger partial charge on any atom is 0.307 e. The van der Waals surface area contributed by atoms with E-state index in [9.17, 15) is 17.1 Å². The van der Waals surface area contributed by atoms with E-state index in [0.29, 0.717) is 24.4 Å². The summed E-state index contributed by atoms with van der Waals surface area (Å²) < 4.78 is 34.9. The molecule has 2 atom stereocenters. The lowest BCUT2D eigenvalue weighted by Crippen LogP contribution is -2.40. The topological polar surface area (TPSA) is 93.4 Å². The molecule has 1 aromatic rings. The Hall–Kier alpha value is -1.22. The summed E-state index contributed by atoms with van der Waals surface area (Å²) in [5.74, 6) is -0.290. The molecule has 1 aromatic heterocycles. The smallest absolute Gasteiger partial charge is 0.307 e. The van der Waals surface area contributed by atoms with Gasteiger partial charge in [-0.25, -0.2) is 4.98 Å². The number of hydrogen-bond donors (Lipinski definition) is 1. The number of nitrogen functional groups attached to an aromatic ring is 1. The predicted octanol–water partition coefficient (Wildman–Crippen LogP) is 0.483. The highest BCUT2D eigenvalue weighted by Gasteiger charge is 2.42. The van der Waals surface area contributed by atoms with Gasteiger partial charge in [-0.3, -0.25) is 4.79 Å². The van der Waals surface area contributed by atoms with E-state index in [1.807, 2.05) is 0 Å². The third-order valence-corrected chi connectivity index (χ3v) is 5.95. The molecule has 1 aliphatic heterocycles. The lowest BCUT2D eigenvalue weighted by molar-refractivity contribution is -0.129. The first-order chi connectivity index (χ1) is 9.34. The van der Waals surface area contributed by atoms with Gasteiger partial charge in [-0.05, 0) is 12.8 Å². The summed E-state index contributed by atoms with van der Waals surface area (Å²) in [6.45, 7) is -0.0497. The van der Waals surface area contributed by atoms with Gasteiger partial charge in [0, 0.05) is 30.3 Å². The number of anilines is 1. The van der Waals surface area contributed by atoms with Gasteiger partial charge in [0.2, 0.25) is 5.91 Å². The number of aromatic nitrogens is 1. The molecular formula is C11H14FN3O3S2.